The Balaban J connectivity index is 2.38. The molecule has 1 unspecified atom stereocenters. The van der Waals surface area contributed by atoms with Crippen LogP contribution in [0.3, 0.4) is 0 Å². The van der Waals surface area contributed by atoms with E-state index in [2.05, 4.69) is 5.32 Å². The fourth-order valence-corrected chi connectivity index (χ4v) is 1.44. The summed E-state index contributed by atoms with van der Waals surface area (Å²) in [5, 5.41) is 2.29. The second kappa shape index (κ2) is 3.15. The number of alkyl halides is 2. The largest absolute Gasteiger partial charge is 0.358 e. The van der Waals surface area contributed by atoms with Gasteiger partial charge in [0.2, 0.25) is 6.41 Å². The predicted octanol–water partition coefficient (Wildman–Crippen LogP) is 1.17. The molecule has 1 aliphatic rings. The molecule has 0 saturated heterocycles. The molecule has 4 heteroatoms. The lowest BCUT2D eigenvalue weighted by Crippen LogP contribution is -2.31. The van der Waals surface area contributed by atoms with Crippen molar-refractivity contribution in [3.8, 4) is 0 Å². The van der Waals surface area contributed by atoms with Gasteiger partial charge in [-0.1, -0.05) is 0 Å². The van der Waals surface area contributed by atoms with E-state index in [-0.39, 0.29) is 13.0 Å². The first-order valence-electron chi connectivity index (χ1n) is 3.71. The van der Waals surface area contributed by atoms with E-state index in [0.717, 1.165) is 0 Å². The van der Waals surface area contributed by atoms with Crippen LogP contribution in [-0.4, -0.2) is 18.9 Å². The number of carbonyl (C=O) groups excluding carboxylic acids is 1. The lowest BCUT2D eigenvalue weighted by Gasteiger charge is -2.17. The summed E-state index contributed by atoms with van der Waals surface area (Å²) in [5.74, 6) is -3.21. The van der Waals surface area contributed by atoms with Crippen LogP contribution in [0.2, 0.25) is 0 Å². The quantitative estimate of drug-likeness (QED) is 0.621. The Morgan fingerprint density at radius 1 is 1.64 bits per heavy atom. The molecule has 64 valence electrons. The number of hydrogen-bond donors (Lipinski definition) is 1. The van der Waals surface area contributed by atoms with Crippen LogP contribution in [0.1, 0.15) is 19.3 Å². The van der Waals surface area contributed by atoms with Crippen molar-refractivity contribution in [3.05, 3.63) is 0 Å². The number of halogens is 2. The van der Waals surface area contributed by atoms with Crippen LogP contribution in [0.4, 0.5) is 8.78 Å². The smallest absolute Gasteiger partial charge is 0.252 e. The van der Waals surface area contributed by atoms with Crippen LogP contribution in [0.25, 0.3) is 0 Å². The Morgan fingerprint density at radius 3 is 2.82 bits per heavy atom. The third kappa shape index (κ3) is 1.88. The molecular formula is C7H11F2NO. The van der Waals surface area contributed by atoms with Gasteiger partial charge >= 0.3 is 0 Å². The zero-order valence-corrected chi connectivity index (χ0v) is 6.15. The zero-order valence-electron chi connectivity index (χ0n) is 6.15. The van der Waals surface area contributed by atoms with Crippen molar-refractivity contribution in [1.82, 2.24) is 5.32 Å². The molecule has 2 nitrogen and oxygen atoms in total. The lowest BCUT2D eigenvalue weighted by molar-refractivity contribution is -0.110. The minimum absolute atomic E-state index is 0.0296. The normalized spacial score (nSPS) is 28.4. The van der Waals surface area contributed by atoms with Gasteiger partial charge in [-0.05, 0) is 12.8 Å². The van der Waals surface area contributed by atoms with Gasteiger partial charge in [-0.3, -0.25) is 4.79 Å². The van der Waals surface area contributed by atoms with Crippen molar-refractivity contribution in [1.29, 1.82) is 0 Å². The van der Waals surface area contributed by atoms with Crippen LogP contribution >= 0.6 is 0 Å². The van der Waals surface area contributed by atoms with Gasteiger partial charge in [0, 0.05) is 18.9 Å². The fraction of sp³-hybridized carbons (Fsp3) is 0.857. The number of amides is 1. The minimum atomic E-state index is -2.56. The van der Waals surface area contributed by atoms with E-state index >= 15 is 0 Å². The third-order valence-corrected chi connectivity index (χ3v) is 2.11. The summed E-state index contributed by atoms with van der Waals surface area (Å²) >= 11 is 0. The zero-order chi connectivity index (χ0) is 8.32. The van der Waals surface area contributed by atoms with Gasteiger partial charge in [-0.15, -0.1) is 0 Å². The van der Waals surface area contributed by atoms with Gasteiger partial charge in [-0.25, -0.2) is 8.78 Å². The van der Waals surface area contributed by atoms with E-state index in [0.29, 0.717) is 19.3 Å². The molecule has 0 aromatic rings. The fourth-order valence-electron chi connectivity index (χ4n) is 1.44. The molecule has 0 bridgehead atoms. The summed E-state index contributed by atoms with van der Waals surface area (Å²) in [4.78, 5) is 9.82. The van der Waals surface area contributed by atoms with Crippen molar-refractivity contribution in [2.75, 3.05) is 6.54 Å². The first kappa shape index (κ1) is 8.43. The van der Waals surface area contributed by atoms with Crippen molar-refractivity contribution >= 4 is 6.41 Å². The number of carbonyl (C=O) groups is 1. The Morgan fingerprint density at radius 2 is 2.36 bits per heavy atom. The molecule has 1 N–H and O–H groups in total. The van der Waals surface area contributed by atoms with Gasteiger partial charge in [0.15, 0.2) is 0 Å². The Kier molecular flexibility index (Phi) is 2.42. The number of rotatable bonds is 3. The molecular weight excluding hydrogens is 152 g/mol. The molecule has 0 aromatic carbocycles. The topological polar surface area (TPSA) is 29.1 Å². The van der Waals surface area contributed by atoms with Gasteiger partial charge in [0.25, 0.3) is 5.92 Å². The van der Waals surface area contributed by atoms with Gasteiger partial charge in [-0.2, -0.15) is 0 Å². The molecule has 1 saturated carbocycles. The molecule has 1 rings (SSSR count). The van der Waals surface area contributed by atoms with Crippen molar-refractivity contribution in [3.63, 3.8) is 0 Å². The maximum absolute atomic E-state index is 12.8. The van der Waals surface area contributed by atoms with E-state index in [4.69, 9.17) is 0 Å². The molecule has 0 aliphatic heterocycles. The monoisotopic (exact) mass is 163 g/mol. The molecule has 1 atom stereocenters. The Bertz CT molecular complexity index is 149. The van der Waals surface area contributed by atoms with Gasteiger partial charge in [0.1, 0.15) is 0 Å². The number of nitrogens with one attached hydrogen (secondary N) is 1. The highest BCUT2D eigenvalue weighted by molar-refractivity contribution is 5.45. The maximum atomic E-state index is 12.8. The molecule has 0 heterocycles. The summed E-state index contributed by atoms with van der Waals surface area (Å²) in [7, 11) is 0. The molecule has 1 aliphatic carbocycles. The van der Waals surface area contributed by atoms with Crippen molar-refractivity contribution in [2.24, 2.45) is 5.92 Å². The Labute approximate surface area is 64.0 Å². The molecule has 0 aromatic heterocycles. The van der Waals surface area contributed by atoms with Crippen LogP contribution in [-0.2, 0) is 4.79 Å². The molecule has 1 fully saturated rings. The highest BCUT2D eigenvalue weighted by atomic mass is 19.3. The highest BCUT2D eigenvalue weighted by Crippen LogP contribution is 2.39. The average molecular weight is 163 g/mol. The maximum Gasteiger partial charge on any atom is 0.252 e. The van der Waals surface area contributed by atoms with E-state index in [1.807, 2.05) is 0 Å². The first-order valence-corrected chi connectivity index (χ1v) is 3.71. The van der Waals surface area contributed by atoms with Crippen LogP contribution in [0.15, 0.2) is 0 Å². The lowest BCUT2D eigenvalue weighted by atomic mass is 10.1. The second-order valence-electron chi connectivity index (χ2n) is 2.88. The summed E-state index contributed by atoms with van der Waals surface area (Å²) in [6.45, 7) is 0.108. The van der Waals surface area contributed by atoms with Gasteiger partial charge in [0.05, 0.1) is 0 Å². The summed E-state index contributed by atoms with van der Waals surface area (Å²) in [6, 6.07) is 0. The SMILES string of the molecule is O=CNCC1CCCC1(F)F. The summed E-state index contributed by atoms with van der Waals surface area (Å²) < 4.78 is 25.6. The van der Waals surface area contributed by atoms with E-state index < -0.39 is 11.8 Å². The van der Waals surface area contributed by atoms with E-state index in [9.17, 15) is 13.6 Å². The van der Waals surface area contributed by atoms with Crippen LogP contribution in [0, 0.1) is 5.92 Å². The van der Waals surface area contributed by atoms with Crippen molar-refractivity contribution < 1.29 is 13.6 Å². The average Bonchev–Trinajstić information content (AvgIpc) is 2.25. The molecule has 1 amide bonds. The predicted molar refractivity (Wildman–Crippen MR) is 36.4 cm³/mol. The third-order valence-electron chi connectivity index (χ3n) is 2.11. The highest BCUT2D eigenvalue weighted by Gasteiger charge is 2.43. The summed E-state index contributed by atoms with van der Waals surface area (Å²) in [6.07, 6.45) is 1.53. The standard InChI is InChI=1S/C7H11F2NO/c8-7(9)3-1-2-6(7)4-10-5-11/h5-6H,1-4H2,(H,10,11). The second-order valence-corrected chi connectivity index (χ2v) is 2.88. The summed E-state index contributed by atoms with van der Waals surface area (Å²) in [5.41, 5.74) is 0. The van der Waals surface area contributed by atoms with Crippen molar-refractivity contribution in [2.45, 2.75) is 25.2 Å². The first-order chi connectivity index (χ1) is 5.17. The van der Waals surface area contributed by atoms with E-state index in [1.54, 1.807) is 0 Å². The molecule has 11 heavy (non-hydrogen) atoms. The van der Waals surface area contributed by atoms with Crippen LogP contribution < -0.4 is 5.32 Å². The van der Waals surface area contributed by atoms with E-state index in [1.165, 1.54) is 0 Å². The van der Waals surface area contributed by atoms with Gasteiger partial charge < -0.3 is 5.32 Å². The Hall–Kier alpha value is -0.670. The molecule has 0 radical (unpaired) electrons. The number of hydrogen-bond acceptors (Lipinski definition) is 1. The van der Waals surface area contributed by atoms with Crippen LogP contribution in [0.5, 0.6) is 0 Å². The minimum Gasteiger partial charge on any atom is -0.358 e. The molecule has 0 spiro atoms.